The lowest BCUT2D eigenvalue weighted by atomic mass is 10.1. The zero-order valence-corrected chi connectivity index (χ0v) is 10.9. The fraction of sp³-hybridized carbons (Fsp3) is 0.692. The van der Waals surface area contributed by atoms with Gasteiger partial charge in [-0.15, -0.1) is 11.3 Å². The van der Waals surface area contributed by atoms with Crippen LogP contribution in [0.3, 0.4) is 0 Å². The van der Waals surface area contributed by atoms with Crippen molar-refractivity contribution in [3.63, 3.8) is 0 Å². The molecule has 2 rings (SSSR count). The molecule has 1 aliphatic rings. The van der Waals surface area contributed by atoms with Crippen LogP contribution < -0.4 is 5.73 Å². The van der Waals surface area contributed by atoms with Gasteiger partial charge >= 0.3 is 0 Å². The van der Waals surface area contributed by atoms with E-state index in [0.717, 1.165) is 13.0 Å². The van der Waals surface area contributed by atoms with Crippen molar-refractivity contribution < 1.29 is 0 Å². The van der Waals surface area contributed by atoms with Gasteiger partial charge in [0.2, 0.25) is 0 Å². The molecule has 0 bridgehead atoms. The van der Waals surface area contributed by atoms with Crippen LogP contribution >= 0.6 is 11.3 Å². The second-order valence-corrected chi connectivity index (χ2v) is 5.71. The molecule has 2 nitrogen and oxygen atoms in total. The first-order chi connectivity index (χ1) is 7.85. The van der Waals surface area contributed by atoms with E-state index in [4.69, 9.17) is 5.73 Å². The molecule has 3 heteroatoms. The molecule has 90 valence electrons. The maximum atomic E-state index is 5.95. The van der Waals surface area contributed by atoms with Crippen molar-refractivity contribution in [2.45, 2.75) is 38.6 Å². The second kappa shape index (κ2) is 5.80. The quantitative estimate of drug-likeness (QED) is 0.874. The van der Waals surface area contributed by atoms with Gasteiger partial charge in [-0.25, -0.2) is 0 Å². The number of nitrogens with zero attached hydrogens (tertiary/aromatic N) is 1. The lowest BCUT2D eigenvalue weighted by Crippen LogP contribution is -2.37. The number of rotatable bonds is 4. The summed E-state index contributed by atoms with van der Waals surface area (Å²) in [6.45, 7) is 5.42. The molecule has 1 aromatic rings. The highest BCUT2D eigenvalue weighted by Gasteiger charge is 2.21. The number of aryl methyl sites for hydroxylation is 1. The van der Waals surface area contributed by atoms with Gasteiger partial charge in [0.1, 0.15) is 0 Å². The number of piperidine rings is 1. The number of hydrogen-bond donors (Lipinski definition) is 1. The van der Waals surface area contributed by atoms with Crippen molar-refractivity contribution in [3.05, 3.63) is 21.9 Å². The van der Waals surface area contributed by atoms with Crippen molar-refractivity contribution in [1.82, 2.24) is 4.90 Å². The number of likely N-dealkylation sites (tertiary alicyclic amines) is 1. The predicted octanol–water partition coefficient (Wildman–Crippen LogP) is 2.80. The minimum absolute atomic E-state index is 0.464. The van der Waals surface area contributed by atoms with Crippen LogP contribution in [0.4, 0.5) is 0 Å². The molecule has 16 heavy (non-hydrogen) atoms. The van der Waals surface area contributed by atoms with Crippen LogP contribution in [0.15, 0.2) is 12.1 Å². The average molecular weight is 238 g/mol. The van der Waals surface area contributed by atoms with Gasteiger partial charge in [0.05, 0.1) is 6.04 Å². The molecule has 0 aliphatic carbocycles. The Bertz CT molecular complexity index is 315. The summed E-state index contributed by atoms with van der Waals surface area (Å²) in [5, 5.41) is 0. The fourth-order valence-electron chi connectivity index (χ4n) is 2.44. The van der Waals surface area contributed by atoms with Gasteiger partial charge in [-0.05, 0) is 44.5 Å². The topological polar surface area (TPSA) is 29.3 Å². The van der Waals surface area contributed by atoms with Crippen molar-refractivity contribution in [3.8, 4) is 0 Å². The normalized spacial score (nSPS) is 19.9. The average Bonchev–Trinajstić information content (AvgIpc) is 2.80. The Morgan fingerprint density at radius 3 is 2.62 bits per heavy atom. The molecule has 2 heterocycles. The summed E-state index contributed by atoms with van der Waals surface area (Å²) in [4.78, 5) is 5.50. The van der Waals surface area contributed by atoms with E-state index in [9.17, 15) is 0 Å². The van der Waals surface area contributed by atoms with Crippen LogP contribution in [0.1, 0.15) is 42.0 Å². The van der Waals surface area contributed by atoms with Crippen molar-refractivity contribution >= 4 is 11.3 Å². The van der Waals surface area contributed by atoms with Crippen LogP contribution in [0.5, 0.6) is 0 Å². The molecule has 0 amide bonds. The molecule has 1 aromatic heterocycles. The second-order valence-electron chi connectivity index (χ2n) is 4.51. The number of nitrogens with two attached hydrogens (primary N) is 1. The van der Waals surface area contributed by atoms with Crippen LogP contribution in [-0.4, -0.2) is 24.5 Å². The van der Waals surface area contributed by atoms with E-state index in [1.54, 1.807) is 0 Å². The molecule has 0 radical (unpaired) electrons. The third-order valence-electron chi connectivity index (χ3n) is 3.41. The van der Waals surface area contributed by atoms with E-state index < -0.39 is 0 Å². The van der Waals surface area contributed by atoms with Crippen molar-refractivity contribution in [1.29, 1.82) is 0 Å². The summed E-state index contributed by atoms with van der Waals surface area (Å²) in [5.41, 5.74) is 5.95. The number of thiophene rings is 1. The van der Waals surface area contributed by atoms with E-state index in [-0.39, 0.29) is 0 Å². The first-order valence-electron chi connectivity index (χ1n) is 6.38. The Morgan fingerprint density at radius 1 is 1.31 bits per heavy atom. The highest BCUT2D eigenvalue weighted by Crippen LogP contribution is 2.29. The van der Waals surface area contributed by atoms with Gasteiger partial charge in [-0.2, -0.15) is 0 Å². The minimum atomic E-state index is 0.464. The van der Waals surface area contributed by atoms with Crippen LogP contribution in [-0.2, 0) is 6.42 Å². The molecule has 1 fully saturated rings. The Kier molecular flexibility index (Phi) is 4.38. The zero-order valence-electron chi connectivity index (χ0n) is 10.1. The Hall–Kier alpha value is -0.380. The highest BCUT2D eigenvalue weighted by molar-refractivity contribution is 7.12. The van der Waals surface area contributed by atoms with Crippen LogP contribution in [0, 0.1) is 0 Å². The standard InChI is InChI=1S/C13H22N2S/c1-2-11-6-7-13(16-11)12(10-14)15-8-4-3-5-9-15/h6-7,12H,2-5,8-10,14H2,1H3. The molecular formula is C13H22N2S. The van der Waals surface area contributed by atoms with Gasteiger partial charge in [0.15, 0.2) is 0 Å². The Morgan fingerprint density at radius 2 is 2.06 bits per heavy atom. The van der Waals surface area contributed by atoms with Gasteiger partial charge in [0, 0.05) is 16.3 Å². The first-order valence-corrected chi connectivity index (χ1v) is 7.19. The van der Waals surface area contributed by atoms with E-state index in [2.05, 4.69) is 24.0 Å². The van der Waals surface area contributed by atoms with Crippen LogP contribution in [0.25, 0.3) is 0 Å². The molecular weight excluding hydrogens is 216 g/mol. The maximum Gasteiger partial charge on any atom is 0.0564 e. The molecule has 0 saturated carbocycles. The molecule has 0 aromatic carbocycles. The van der Waals surface area contributed by atoms with Gasteiger partial charge < -0.3 is 5.73 Å². The maximum absolute atomic E-state index is 5.95. The summed E-state index contributed by atoms with van der Waals surface area (Å²) >= 11 is 1.94. The SMILES string of the molecule is CCc1ccc(C(CN)N2CCCCC2)s1. The third kappa shape index (κ3) is 2.65. The van der Waals surface area contributed by atoms with Crippen molar-refractivity contribution in [2.75, 3.05) is 19.6 Å². The highest BCUT2D eigenvalue weighted by atomic mass is 32.1. The molecule has 1 saturated heterocycles. The van der Waals surface area contributed by atoms with E-state index in [1.165, 1.54) is 42.1 Å². The van der Waals surface area contributed by atoms with E-state index in [0.29, 0.717) is 6.04 Å². The minimum Gasteiger partial charge on any atom is -0.329 e. The summed E-state index contributed by atoms with van der Waals surface area (Å²) in [6.07, 6.45) is 5.20. The summed E-state index contributed by atoms with van der Waals surface area (Å²) in [7, 11) is 0. The number of hydrogen-bond acceptors (Lipinski definition) is 3. The monoisotopic (exact) mass is 238 g/mol. The lowest BCUT2D eigenvalue weighted by Gasteiger charge is -2.33. The third-order valence-corrected chi connectivity index (χ3v) is 4.74. The zero-order chi connectivity index (χ0) is 11.4. The first kappa shape index (κ1) is 12.1. The molecule has 0 spiro atoms. The lowest BCUT2D eigenvalue weighted by molar-refractivity contribution is 0.170. The summed E-state index contributed by atoms with van der Waals surface area (Å²) < 4.78 is 0. The predicted molar refractivity (Wildman–Crippen MR) is 70.9 cm³/mol. The van der Waals surface area contributed by atoms with E-state index in [1.807, 2.05) is 11.3 Å². The molecule has 1 unspecified atom stereocenters. The Balaban J connectivity index is 2.08. The summed E-state index contributed by atoms with van der Waals surface area (Å²) in [5.74, 6) is 0. The smallest absolute Gasteiger partial charge is 0.0564 e. The molecule has 2 N–H and O–H groups in total. The van der Waals surface area contributed by atoms with Crippen LogP contribution in [0.2, 0.25) is 0 Å². The molecule has 1 aliphatic heterocycles. The Labute approximate surface area is 102 Å². The molecule has 1 atom stereocenters. The summed E-state index contributed by atoms with van der Waals surface area (Å²) in [6, 6.07) is 4.99. The van der Waals surface area contributed by atoms with Gasteiger partial charge in [0.25, 0.3) is 0 Å². The fourth-order valence-corrected chi connectivity index (χ4v) is 3.54. The van der Waals surface area contributed by atoms with E-state index >= 15 is 0 Å². The van der Waals surface area contributed by atoms with Gasteiger partial charge in [-0.1, -0.05) is 13.3 Å². The van der Waals surface area contributed by atoms with Gasteiger partial charge in [-0.3, -0.25) is 4.90 Å². The largest absolute Gasteiger partial charge is 0.329 e. The van der Waals surface area contributed by atoms with Crippen molar-refractivity contribution in [2.24, 2.45) is 5.73 Å².